The van der Waals surface area contributed by atoms with Gasteiger partial charge in [-0.25, -0.2) is 4.99 Å². The number of rotatable bonds is 6. The molecular weight excluding hydrogens is 437 g/mol. The highest BCUT2D eigenvalue weighted by Crippen LogP contribution is 2.33. The molecule has 0 heterocycles. The Morgan fingerprint density at radius 2 is 1.81 bits per heavy atom. The van der Waals surface area contributed by atoms with Gasteiger partial charge in [0.1, 0.15) is 5.60 Å². The minimum Gasteiger partial charge on any atom is -0.384 e. The van der Waals surface area contributed by atoms with Gasteiger partial charge in [0.15, 0.2) is 5.96 Å². The zero-order chi connectivity index (χ0) is 17.7. The van der Waals surface area contributed by atoms with Crippen LogP contribution in [0.4, 0.5) is 0 Å². The van der Waals surface area contributed by atoms with E-state index in [2.05, 4.69) is 39.9 Å². The van der Waals surface area contributed by atoms with E-state index in [1.165, 1.54) is 11.1 Å². The molecule has 0 aromatic heterocycles. The van der Waals surface area contributed by atoms with Crippen LogP contribution in [-0.2, 0) is 12.0 Å². The lowest BCUT2D eigenvalue weighted by molar-refractivity contribution is 0.0672. The van der Waals surface area contributed by atoms with Crippen molar-refractivity contribution in [3.63, 3.8) is 0 Å². The highest BCUT2D eigenvalue weighted by Gasteiger charge is 2.26. The van der Waals surface area contributed by atoms with Crippen molar-refractivity contribution >= 4 is 29.9 Å². The van der Waals surface area contributed by atoms with Crippen LogP contribution in [0.15, 0.2) is 59.6 Å². The summed E-state index contributed by atoms with van der Waals surface area (Å²) in [7, 11) is 0. The van der Waals surface area contributed by atoms with Crippen LogP contribution in [0.3, 0.4) is 0 Å². The zero-order valence-corrected chi connectivity index (χ0v) is 17.7. The van der Waals surface area contributed by atoms with Crippen LogP contribution in [0.2, 0.25) is 0 Å². The topological polar surface area (TPSA) is 56.7 Å². The quantitative estimate of drug-likeness (QED) is 0.348. The van der Waals surface area contributed by atoms with E-state index in [9.17, 15) is 5.11 Å². The molecule has 0 amide bonds. The minimum absolute atomic E-state index is 0. The number of hydrogen-bond acceptors (Lipinski definition) is 2. The Balaban J connectivity index is 0.00000243. The Labute approximate surface area is 173 Å². The van der Waals surface area contributed by atoms with Crippen LogP contribution < -0.4 is 10.6 Å². The molecule has 0 saturated carbocycles. The van der Waals surface area contributed by atoms with E-state index in [1.807, 2.05) is 37.3 Å². The van der Waals surface area contributed by atoms with Gasteiger partial charge in [0.25, 0.3) is 0 Å². The van der Waals surface area contributed by atoms with Crippen molar-refractivity contribution in [2.24, 2.45) is 4.99 Å². The third kappa shape index (κ3) is 4.98. The van der Waals surface area contributed by atoms with E-state index in [1.54, 1.807) is 6.92 Å². The highest BCUT2D eigenvalue weighted by atomic mass is 127. The molecule has 140 valence electrons. The van der Waals surface area contributed by atoms with Gasteiger partial charge in [-0.3, -0.25) is 0 Å². The van der Waals surface area contributed by atoms with E-state index >= 15 is 0 Å². The molecular formula is C21H28IN3O. The Bertz CT molecular complexity index is 731. The SMILES string of the molecule is CCNC(=NCC(C)(O)c1ccccc1)NCC1Cc2ccccc21.I. The summed E-state index contributed by atoms with van der Waals surface area (Å²) in [6, 6.07) is 18.3. The lowest BCUT2D eigenvalue weighted by atomic mass is 9.78. The smallest absolute Gasteiger partial charge is 0.191 e. The molecule has 2 atom stereocenters. The second-order valence-electron chi connectivity index (χ2n) is 6.82. The molecule has 0 spiro atoms. The van der Waals surface area contributed by atoms with E-state index in [0.29, 0.717) is 12.5 Å². The maximum atomic E-state index is 10.7. The van der Waals surface area contributed by atoms with Gasteiger partial charge in [-0.05, 0) is 37.0 Å². The maximum absolute atomic E-state index is 10.7. The first kappa shape index (κ1) is 20.7. The number of guanidine groups is 1. The lowest BCUT2D eigenvalue weighted by Crippen LogP contribution is -2.42. The fourth-order valence-corrected chi connectivity index (χ4v) is 3.23. The van der Waals surface area contributed by atoms with Crippen molar-refractivity contribution < 1.29 is 5.11 Å². The van der Waals surface area contributed by atoms with Gasteiger partial charge in [0, 0.05) is 19.0 Å². The Kier molecular flexibility index (Phi) is 7.46. The largest absolute Gasteiger partial charge is 0.384 e. The second-order valence-corrected chi connectivity index (χ2v) is 6.82. The summed E-state index contributed by atoms with van der Waals surface area (Å²) < 4.78 is 0. The highest BCUT2D eigenvalue weighted by molar-refractivity contribution is 14.0. The number of nitrogens with zero attached hydrogens (tertiary/aromatic N) is 1. The molecule has 1 aliphatic carbocycles. The monoisotopic (exact) mass is 465 g/mol. The normalized spacial score (nSPS) is 18.0. The molecule has 3 N–H and O–H groups in total. The van der Waals surface area contributed by atoms with Gasteiger partial charge in [0.05, 0.1) is 6.54 Å². The summed E-state index contributed by atoms with van der Waals surface area (Å²) in [5.74, 6) is 1.29. The molecule has 0 aliphatic heterocycles. The summed E-state index contributed by atoms with van der Waals surface area (Å²) in [6.07, 6.45) is 1.12. The third-order valence-corrected chi connectivity index (χ3v) is 4.76. The first-order chi connectivity index (χ1) is 12.1. The van der Waals surface area contributed by atoms with E-state index in [4.69, 9.17) is 0 Å². The van der Waals surface area contributed by atoms with Gasteiger partial charge in [0.2, 0.25) is 0 Å². The number of aliphatic imine (C=N–C) groups is 1. The van der Waals surface area contributed by atoms with E-state index in [-0.39, 0.29) is 24.0 Å². The summed E-state index contributed by atoms with van der Waals surface area (Å²) in [6.45, 7) is 5.81. The number of benzene rings is 2. The standard InChI is InChI=1S/C21H27N3O.HI/c1-3-22-20(23-14-17-13-16-9-7-8-12-19(16)17)24-15-21(2,25)18-10-5-4-6-11-18;/h4-12,17,25H,3,13-15H2,1-2H3,(H2,22,23,24);1H. The fourth-order valence-electron chi connectivity index (χ4n) is 3.23. The molecule has 26 heavy (non-hydrogen) atoms. The molecule has 0 fully saturated rings. The number of nitrogens with one attached hydrogen (secondary N) is 2. The molecule has 5 heteroatoms. The number of halogens is 1. The number of aliphatic hydroxyl groups is 1. The molecule has 2 unspecified atom stereocenters. The maximum Gasteiger partial charge on any atom is 0.191 e. The summed E-state index contributed by atoms with van der Waals surface area (Å²) in [5, 5.41) is 17.4. The molecule has 4 nitrogen and oxygen atoms in total. The fraction of sp³-hybridized carbons (Fsp3) is 0.381. The Morgan fingerprint density at radius 1 is 1.12 bits per heavy atom. The number of hydrogen-bond donors (Lipinski definition) is 3. The van der Waals surface area contributed by atoms with Crippen molar-refractivity contribution in [1.29, 1.82) is 0 Å². The van der Waals surface area contributed by atoms with Crippen LogP contribution in [-0.4, -0.2) is 30.7 Å². The van der Waals surface area contributed by atoms with Crippen LogP contribution >= 0.6 is 24.0 Å². The zero-order valence-electron chi connectivity index (χ0n) is 15.4. The van der Waals surface area contributed by atoms with Crippen molar-refractivity contribution in [2.45, 2.75) is 31.8 Å². The second kappa shape index (κ2) is 9.37. The van der Waals surface area contributed by atoms with Gasteiger partial charge in [-0.15, -0.1) is 24.0 Å². The van der Waals surface area contributed by atoms with Crippen molar-refractivity contribution in [2.75, 3.05) is 19.6 Å². The van der Waals surface area contributed by atoms with Crippen LogP contribution in [0.5, 0.6) is 0 Å². The van der Waals surface area contributed by atoms with E-state index < -0.39 is 5.60 Å². The molecule has 3 rings (SSSR count). The van der Waals surface area contributed by atoms with Gasteiger partial charge in [-0.1, -0.05) is 54.6 Å². The van der Waals surface area contributed by atoms with Crippen LogP contribution in [0.25, 0.3) is 0 Å². The minimum atomic E-state index is -0.979. The van der Waals surface area contributed by atoms with Gasteiger partial charge >= 0.3 is 0 Å². The number of fused-ring (bicyclic) bond motifs is 1. The first-order valence-electron chi connectivity index (χ1n) is 8.98. The molecule has 0 saturated heterocycles. The average Bonchev–Trinajstić information content (AvgIpc) is 2.61. The van der Waals surface area contributed by atoms with Crippen molar-refractivity contribution in [3.05, 3.63) is 71.3 Å². The Morgan fingerprint density at radius 3 is 2.50 bits per heavy atom. The van der Waals surface area contributed by atoms with Crippen molar-refractivity contribution in [1.82, 2.24) is 10.6 Å². The lowest BCUT2D eigenvalue weighted by Gasteiger charge is -2.31. The Hall–Kier alpha value is -1.60. The summed E-state index contributed by atoms with van der Waals surface area (Å²) >= 11 is 0. The van der Waals surface area contributed by atoms with E-state index in [0.717, 1.165) is 31.0 Å². The van der Waals surface area contributed by atoms with Gasteiger partial charge in [-0.2, -0.15) is 0 Å². The van der Waals surface area contributed by atoms with Crippen molar-refractivity contribution in [3.8, 4) is 0 Å². The molecule has 0 radical (unpaired) electrons. The molecule has 2 aromatic rings. The molecule has 2 aromatic carbocycles. The first-order valence-corrected chi connectivity index (χ1v) is 8.98. The van der Waals surface area contributed by atoms with Crippen LogP contribution in [0.1, 0.15) is 36.5 Å². The summed E-state index contributed by atoms with van der Waals surface area (Å²) in [4.78, 5) is 4.59. The molecule has 1 aliphatic rings. The third-order valence-electron chi connectivity index (χ3n) is 4.76. The molecule has 0 bridgehead atoms. The summed E-state index contributed by atoms with van der Waals surface area (Å²) in [5.41, 5.74) is 2.78. The van der Waals surface area contributed by atoms with Crippen LogP contribution in [0, 0.1) is 0 Å². The van der Waals surface area contributed by atoms with Gasteiger partial charge < -0.3 is 15.7 Å². The predicted molar refractivity (Wildman–Crippen MR) is 118 cm³/mol. The predicted octanol–water partition coefficient (Wildman–Crippen LogP) is 3.41. The average molecular weight is 465 g/mol.